The van der Waals surface area contributed by atoms with Gasteiger partial charge in [-0.05, 0) is 25.5 Å². The Labute approximate surface area is 101 Å². The van der Waals surface area contributed by atoms with Gasteiger partial charge in [-0.15, -0.1) is 0 Å². The lowest BCUT2D eigenvalue weighted by atomic mass is 10.2. The number of hydrogen-bond donors (Lipinski definition) is 2. The average Bonchev–Trinajstić information content (AvgIpc) is 2.37. The highest BCUT2D eigenvalue weighted by Crippen LogP contribution is 2.12. The predicted octanol–water partition coefficient (Wildman–Crippen LogP) is 0.835. The molecule has 0 fully saturated rings. The Balaban J connectivity index is 2.36. The van der Waals surface area contributed by atoms with E-state index in [0.29, 0.717) is 25.4 Å². The zero-order chi connectivity index (χ0) is 12.5. The summed E-state index contributed by atoms with van der Waals surface area (Å²) in [5.41, 5.74) is 6.24. The summed E-state index contributed by atoms with van der Waals surface area (Å²) >= 11 is 0. The molecule has 0 saturated carbocycles. The monoisotopic (exact) mass is 237 g/mol. The topological polar surface area (TPSA) is 77.2 Å². The molecule has 0 aromatic carbocycles. The number of nitrogens with one attached hydrogen (secondary N) is 1. The van der Waals surface area contributed by atoms with E-state index < -0.39 is 0 Å². The second kappa shape index (κ2) is 7.62. The number of nitrogens with two attached hydrogens (primary N) is 1. The first-order valence-corrected chi connectivity index (χ1v) is 5.72. The van der Waals surface area contributed by atoms with E-state index in [1.165, 1.54) is 0 Å². The van der Waals surface area contributed by atoms with E-state index in [4.69, 9.17) is 10.5 Å². The molecule has 94 valence electrons. The van der Waals surface area contributed by atoms with E-state index in [9.17, 15) is 4.79 Å². The molecule has 0 saturated heterocycles. The average molecular weight is 237 g/mol. The second-order valence-corrected chi connectivity index (χ2v) is 3.69. The van der Waals surface area contributed by atoms with Crippen molar-refractivity contribution in [1.29, 1.82) is 0 Å². The molecular formula is C12H19N3O2. The molecule has 0 spiro atoms. The molecule has 1 amide bonds. The third kappa shape index (κ3) is 4.82. The third-order valence-corrected chi connectivity index (χ3v) is 2.38. The van der Waals surface area contributed by atoms with Crippen LogP contribution >= 0.6 is 0 Å². The van der Waals surface area contributed by atoms with Gasteiger partial charge in [0.05, 0.1) is 7.11 Å². The van der Waals surface area contributed by atoms with Crippen LogP contribution < -0.4 is 15.8 Å². The van der Waals surface area contributed by atoms with E-state index in [1.807, 2.05) is 12.1 Å². The summed E-state index contributed by atoms with van der Waals surface area (Å²) in [6.45, 7) is 1.07. The number of ether oxygens (including phenoxy) is 1. The van der Waals surface area contributed by atoms with Gasteiger partial charge in [-0.2, -0.15) is 0 Å². The van der Waals surface area contributed by atoms with Crippen LogP contribution in [0.1, 0.15) is 24.8 Å². The maximum absolute atomic E-state index is 11.5. The number of carbonyl (C=O) groups excluding carboxylic acids is 1. The molecule has 5 heteroatoms. The van der Waals surface area contributed by atoms with Crippen molar-refractivity contribution in [1.82, 2.24) is 10.3 Å². The Morgan fingerprint density at radius 3 is 3.06 bits per heavy atom. The number of rotatable bonds is 7. The lowest BCUT2D eigenvalue weighted by molar-refractivity contribution is -0.121. The predicted molar refractivity (Wildman–Crippen MR) is 65.5 cm³/mol. The fourth-order valence-corrected chi connectivity index (χ4v) is 1.45. The molecular weight excluding hydrogens is 218 g/mol. The van der Waals surface area contributed by atoms with Gasteiger partial charge >= 0.3 is 0 Å². The van der Waals surface area contributed by atoms with Crippen LogP contribution in [0.15, 0.2) is 18.3 Å². The molecule has 1 aromatic heterocycles. The molecule has 1 rings (SSSR count). The number of hydrogen-bond acceptors (Lipinski definition) is 4. The van der Waals surface area contributed by atoms with E-state index in [-0.39, 0.29) is 5.91 Å². The molecule has 1 heterocycles. The van der Waals surface area contributed by atoms with Crippen molar-refractivity contribution in [2.45, 2.75) is 25.8 Å². The zero-order valence-electron chi connectivity index (χ0n) is 10.1. The Hall–Kier alpha value is -1.62. The summed E-state index contributed by atoms with van der Waals surface area (Å²) in [6.07, 6.45) is 3.88. The molecule has 0 aliphatic heterocycles. The van der Waals surface area contributed by atoms with Crippen molar-refractivity contribution >= 4 is 5.91 Å². The molecule has 0 unspecified atom stereocenters. The van der Waals surface area contributed by atoms with Crippen molar-refractivity contribution in [3.63, 3.8) is 0 Å². The summed E-state index contributed by atoms with van der Waals surface area (Å²) in [4.78, 5) is 15.5. The number of nitrogens with zero attached hydrogens (tertiary/aromatic N) is 1. The van der Waals surface area contributed by atoms with E-state index in [2.05, 4.69) is 10.3 Å². The number of unbranched alkanes of at least 4 members (excludes halogenated alkanes) is 1. The molecule has 0 radical (unpaired) electrons. The SMILES string of the molecule is COc1ncccc1CNC(=O)CCCCN. The Morgan fingerprint density at radius 1 is 1.53 bits per heavy atom. The summed E-state index contributed by atoms with van der Waals surface area (Å²) in [5, 5.41) is 2.83. The second-order valence-electron chi connectivity index (χ2n) is 3.69. The van der Waals surface area contributed by atoms with Crippen LogP contribution in [0, 0.1) is 0 Å². The Bertz CT molecular complexity index is 355. The van der Waals surface area contributed by atoms with Crippen LogP contribution in [-0.4, -0.2) is 24.5 Å². The summed E-state index contributed by atoms with van der Waals surface area (Å²) in [5.74, 6) is 0.583. The molecule has 3 N–H and O–H groups in total. The van der Waals surface area contributed by atoms with Gasteiger partial charge in [-0.3, -0.25) is 4.79 Å². The number of carbonyl (C=O) groups is 1. The molecule has 0 bridgehead atoms. The molecule has 0 aliphatic rings. The minimum absolute atomic E-state index is 0.0318. The normalized spacial score (nSPS) is 10.0. The molecule has 5 nitrogen and oxygen atoms in total. The molecule has 1 aromatic rings. The van der Waals surface area contributed by atoms with Crippen molar-refractivity contribution in [3.05, 3.63) is 23.9 Å². The number of aromatic nitrogens is 1. The zero-order valence-corrected chi connectivity index (χ0v) is 10.1. The largest absolute Gasteiger partial charge is 0.481 e. The van der Waals surface area contributed by atoms with Crippen LogP contribution in [0.5, 0.6) is 5.88 Å². The van der Waals surface area contributed by atoms with Gasteiger partial charge in [0, 0.05) is 24.7 Å². The lowest BCUT2D eigenvalue weighted by Gasteiger charge is -2.08. The van der Waals surface area contributed by atoms with Gasteiger partial charge < -0.3 is 15.8 Å². The minimum Gasteiger partial charge on any atom is -0.481 e. The summed E-state index contributed by atoms with van der Waals surface area (Å²) in [6, 6.07) is 3.70. The molecule has 0 aliphatic carbocycles. The highest BCUT2D eigenvalue weighted by atomic mass is 16.5. The van der Waals surface area contributed by atoms with Gasteiger partial charge in [0.15, 0.2) is 0 Å². The first-order valence-electron chi connectivity index (χ1n) is 5.72. The lowest BCUT2D eigenvalue weighted by Crippen LogP contribution is -2.23. The number of pyridine rings is 1. The van der Waals surface area contributed by atoms with E-state index in [1.54, 1.807) is 13.3 Å². The van der Waals surface area contributed by atoms with Crippen LogP contribution in [0.2, 0.25) is 0 Å². The first kappa shape index (κ1) is 13.4. The van der Waals surface area contributed by atoms with Gasteiger partial charge in [-0.25, -0.2) is 4.98 Å². The van der Waals surface area contributed by atoms with Gasteiger partial charge in [0.25, 0.3) is 0 Å². The minimum atomic E-state index is 0.0318. The fourth-order valence-electron chi connectivity index (χ4n) is 1.45. The van der Waals surface area contributed by atoms with Crippen LogP contribution in [0.25, 0.3) is 0 Å². The maximum Gasteiger partial charge on any atom is 0.220 e. The Morgan fingerprint density at radius 2 is 2.35 bits per heavy atom. The van der Waals surface area contributed by atoms with Crippen LogP contribution in [0.3, 0.4) is 0 Å². The summed E-state index contributed by atoms with van der Waals surface area (Å²) in [7, 11) is 1.56. The first-order chi connectivity index (χ1) is 8.27. The molecule has 17 heavy (non-hydrogen) atoms. The van der Waals surface area contributed by atoms with Gasteiger partial charge in [0.1, 0.15) is 0 Å². The van der Waals surface area contributed by atoms with Crippen LogP contribution in [0.4, 0.5) is 0 Å². The van der Waals surface area contributed by atoms with Crippen molar-refractivity contribution in [2.75, 3.05) is 13.7 Å². The molecule has 0 atom stereocenters. The quantitative estimate of drug-likeness (QED) is 0.689. The number of methoxy groups -OCH3 is 1. The number of amides is 1. The maximum atomic E-state index is 11.5. The van der Waals surface area contributed by atoms with Crippen molar-refractivity contribution < 1.29 is 9.53 Å². The highest BCUT2D eigenvalue weighted by Gasteiger charge is 2.05. The smallest absolute Gasteiger partial charge is 0.220 e. The summed E-state index contributed by atoms with van der Waals surface area (Å²) < 4.78 is 5.10. The standard InChI is InChI=1S/C12H19N3O2/c1-17-12-10(5-4-8-14-12)9-15-11(16)6-2-3-7-13/h4-5,8H,2-3,6-7,9,13H2,1H3,(H,15,16). The fraction of sp³-hybridized carbons (Fsp3) is 0.500. The van der Waals surface area contributed by atoms with Crippen LogP contribution in [-0.2, 0) is 11.3 Å². The third-order valence-electron chi connectivity index (χ3n) is 2.38. The van der Waals surface area contributed by atoms with Crippen molar-refractivity contribution in [2.24, 2.45) is 5.73 Å². The van der Waals surface area contributed by atoms with E-state index in [0.717, 1.165) is 18.4 Å². The van der Waals surface area contributed by atoms with E-state index >= 15 is 0 Å². The van der Waals surface area contributed by atoms with Crippen molar-refractivity contribution in [3.8, 4) is 5.88 Å². The van der Waals surface area contributed by atoms with Gasteiger partial charge in [0.2, 0.25) is 11.8 Å². The highest BCUT2D eigenvalue weighted by molar-refractivity contribution is 5.75. The Kier molecular flexibility index (Phi) is 6.03. The van der Waals surface area contributed by atoms with Gasteiger partial charge in [-0.1, -0.05) is 6.07 Å².